The van der Waals surface area contributed by atoms with E-state index >= 15 is 0 Å². The first-order chi connectivity index (χ1) is 10.3. The fourth-order valence-corrected chi connectivity index (χ4v) is 2.95. The summed E-state index contributed by atoms with van der Waals surface area (Å²) >= 11 is 0. The minimum absolute atomic E-state index is 0.289. The Morgan fingerprint density at radius 2 is 1.95 bits per heavy atom. The Bertz CT molecular complexity index is 487. The highest BCUT2D eigenvalue weighted by atomic mass is 16.3. The number of hydrogen-bond acceptors (Lipinski definition) is 3. The van der Waals surface area contributed by atoms with Crippen molar-refractivity contribution in [1.29, 1.82) is 5.26 Å². The fourth-order valence-electron chi connectivity index (χ4n) is 2.95. The van der Waals surface area contributed by atoms with Gasteiger partial charge in [-0.3, -0.25) is 0 Å². The molecule has 0 spiro atoms. The number of aliphatic hydroxyl groups is 1. The van der Waals surface area contributed by atoms with Gasteiger partial charge in [0.2, 0.25) is 0 Å². The van der Waals surface area contributed by atoms with Crippen LogP contribution in [0.3, 0.4) is 0 Å². The summed E-state index contributed by atoms with van der Waals surface area (Å²) in [4.78, 5) is 0. The molecule has 1 aliphatic rings. The lowest BCUT2D eigenvalue weighted by atomic mass is 9.96. The van der Waals surface area contributed by atoms with Crippen LogP contribution in [0.2, 0.25) is 0 Å². The van der Waals surface area contributed by atoms with Gasteiger partial charge in [-0.15, -0.1) is 0 Å². The number of nitrogens with zero attached hydrogens (tertiary/aromatic N) is 1. The SMILES string of the molecule is N#Cc1ccc(/C=C/CNC2CCCCCC2CO)cc1. The molecule has 0 aliphatic heterocycles. The molecule has 0 aromatic heterocycles. The Morgan fingerprint density at radius 3 is 2.67 bits per heavy atom. The van der Waals surface area contributed by atoms with Crippen LogP contribution < -0.4 is 5.32 Å². The van der Waals surface area contributed by atoms with Gasteiger partial charge in [0.05, 0.1) is 11.6 Å². The summed E-state index contributed by atoms with van der Waals surface area (Å²) in [6.07, 6.45) is 10.3. The largest absolute Gasteiger partial charge is 0.396 e. The van der Waals surface area contributed by atoms with Crippen molar-refractivity contribution in [2.24, 2.45) is 5.92 Å². The van der Waals surface area contributed by atoms with Gasteiger partial charge in [-0.1, -0.05) is 43.5 Å². The monoisotopic (exact) mass is 284 g/mol. The zero-order chi connectivity index (χ0) is 14.9. The number of benzene rings is 1. The van der Waals surface area contributed by atoms with E-state index in [1.807, 2.05) is 24.3 Å². The van der Waals surface area contributed by atoms with Gasteiger partial charge in [0.1, 0.15) is 0 Å². The first-order valence-corrected chi connectivity index (χ1v) is 7.84. The number of rotatable bonds is 5. The molecule has 1 aromatic carbocycles. The molecular formula is C18H24N2O. The summed E-state index contributed by atoms with van der Waals surface area (Å²) in [6, 6.07) is 10.1. The van der Waals surface area contributed by atoms with E-state index < -0.39 is 0 Å². The van der Waals surface area contributed by atoms with Crippen LogP contribution in [0, 0.1) is 17.2 Å². The molecule has 2 rings (SSSR count). The fraction of sp³-hybridized carbons (Fsp3) is 0.500. The van der Waals surface area contributed by atoms with Crippen molar-refractivity contribution in [2.45, 2.75) is 38.1 Å². The lowest BCUT2D eigenvalue weighted by Crippen LogP contribution is -2.37. The Morgan fingerprint density at radius 1 is 1.19 bits per heavy atom. The maximum atomic E-state index is 9.49. The number of hydrogen-bond donors (Lipinski definition) is 2. The highest BCUT2D eigenvalue weighted by Crippen LogP contribution is 2.23. The lowest BCUT2D eigenvalue weighted by molar-refractivity contribution is 0.184. The van der Waals surface area contributed by atoms with E-state index in [9.17, 15) is 5.11 Å². The summed E-state index contributed by atoms with van der Waals surface area (Å²) in [5.74, 6) is 0.399. The van der Waals surface area contributed by atoms with Gasteiger partial charge in [-0.2, -0.15) is 5.26 Å². The van der Waals surface area contributed by atoms with Gasteiger partial charge in [-0.05, 0) is 36.5 Å². The first-order valence-electron chi connectivity index (χ1n) is 7.84. The predicted octanol–water partition coefficient (Wildman–Crippen LogP) is 3.10. The molecule has 0 heterocycles. The molecule has 1 aromatic rings. The van der Waals surface area contributed by atoms with Crippen molar-refractivity contribution < 1.29 is 5.11 Å². The highest BCUT2D eigenvalue weighted by molar-refractivity contribution is 5.51. The van der Waals surface area contributed by atoms with E-state index in [1.54, 1.807) is 0 Å². The van der Waals surface area contributed by atoms with Crippen molar-refractivity contribution >= 4 is 6.08 Å². The van der Waals surface area contributed by atoms with E-state index in [1.165, 1.54) is 19.3 Å². The molecule has 0 saturated heterocycles. The number of nitrogens with one attached hydrogen (secondary N) is 1. The molecule has 1 aliphatic carbocycles. The molecule has 2 N–H and O–H groups in total. The summed E-state index contributed by atoms with van der Waals surface area (Å²) in [6.45, 7) is 1.11. The van der Waals surface area contributed by atoms with Gasteiger partial charge in [0, 0.05) is 19.2 Å². The molecule has 0 radical (unpaired) electrons. The van der Waals surface area contributed by atoms with E-state index in [-0.39, 0.29) is 6.61 Å². The normalized spacial score (nSPS) is 22.9. The van der Waals surface area contributed by atoms with Gasteiger partial charge in [-0.25, -0.2) is 0 Å². The molecule has 0 amide bonds. The standard InChI is InChI=1S/C18H24N2O/c19-13-16-10-8-15(9-11-16)5-4-12-20-18-7-3-1-2-6-17(18)14-21/h4-5,8-11,17-18,20-21H,1-3,6-7,12,14H2/b5-4+. The van der Waals surface area contributed by atoms with Crippen LogP contribution >= 0.6 is 0 Å². The van der Waals surface area contributed by atoms with Crippen LogP contribution in [-0.2, 0) is 0 Å². The van der Waals surface area contributed by atoms with Crippen molar-refractivity contribution in [2.75, 3.05) is 13.2 Å². The maximum Gasteiger partial charge on any atom is 0.0991 e. The van der Waals surface area contributed by atoms with Crippen LogP contribution in [0.15, 0.2) is 30.3 Å². The topological polar surface area (TPSA) is 56.0 Å². The van der Waals surface area contributed by atoms with Crippen LogP contribution in [-0.4, -0.2) is 24.3 Å². The van der Waals surface area contributed by atoms with Crippen LogP contribution in [0.25, 0.3) is 6.08 Å². The molecule has 112 valence electrons. The van der Waals surface area contributed by atoms with E-state index in [4.69, 9.17) is 5.26 Å². The van der Waals surface area contributed by atoms with Gasteiger partial charge >= 0.3 is 0 Å². The van der Waals surface area contributed by atoms with Crippen LogP contribution in [0.5, 0.6) is 0 Å². The molecule has 1 saturated carbocycles. The molecule has 3 heteroatoms. The van der Waals surface area contributed by atoms with Crippen molar-refractivity contribution in [3.63, 3.8) is 0 Å². The summed E-state index contributed by atoms with van der Waals surface area (Å²) in [5, 5.41) is 21.8. The molecule has 2 atom stereocenters. The zero-order valence-corrected chi connectivity index (χ0v) is 12.5. The van der Waals surface area contributed by atoms with E-state index in [0.717, 1.165) is 24.9 Å². The average Bonchev–Trinajstić information content (AvgIpc) is 2.77. The highest BCUT2D eigenvalue weighted by Gasteiger charge is 2.21. The molecule has 1 fully saturated rings. The van der Waals surface area contributed by atoms with Crippen LogP contribution in [0.1, 0.15) is 43.2 Å². The quantitative estimate of drug-likeness (QED) is 0.817. The summed E-state index contributed by atoms with van der Waals surface area (Å²) in [5.41, 5.74) is 1.80. The van der Waals surface area contributed by atoms with Gasteiger partial charge < -0.3 is 10.4 Å². The Balaban J connectivity index is 1.81. The van der Waals surface area contributed by atoms with Gasteiger partial charge in [0.25, 0.3) is 0 Å². The summed E-state index contributed by atoms with van der Waals surface area (Å²) in [7, 11) is 0. The van der Waals surface area contributed by atoms with Crippen molar-refractivity contribution in [3.05, 3.63) is 41.5 Å². The number of nitriles is 1. The minimum atomic E-state index is 0.289. The molecule has 2 unspecified atom stereocenters. The smallest absolute Gasteiger partial charge is 0.0991 e. The van der Waals surface area contributed by atoms with Crippen LogP contribution in [0.4, 0.5) is 0 Å². The third-order valence-electron chi connectivity index (χ3n) is 4.24. The van der Waals surface area contributed by atoms with E-state index in [0.29, 0.717) is 17.5 Å². The predicted molar refractivity (Wildman–Crippen MR) is 85.6 cm³/mol. The van der Waals surface area contributed by atoms with Crippen molar-refractivity contribution in [1.82, 2.24) is 5.32 Å². The van der Waals surface area contributed by atoms with Gasteiger partial charge in [0.15, 0.2) is 0 Å². The second kappa shape index (κ2) is 8.61. The van der Waals surface area contributed by atoms with Crippen molar-refractivity contribution in [3.8, 4) is 6.07 Å². The Labute approximate surface area is 127 Å². The second-order valence-electron chi connectivity index (χ2n) is 5.73. The number of aliphatic hydroxyl groups excluding tert-OH is 1. The third kappa shape index (κ3) is 5.00. The Hall–Kier alpha value is -1.63. The molecular weight excluding hydrogens is 260 g/mol. The lowest BCUT2D eigenvalue weighted by Gasteiger charge is -2.23. The second-order valence-corrected chi connectivity index (χ2v) is 5.73. The average molecular weight is 284 g/mol. The molecule has 0 bridgehead atoms. The Kier molecular flexibility index (Phi) is 6.46. The van der Waals surface area contributed by atoms with E-state index in [2.05, 4.69) is 23.5 Å². The molecule has 21 heavy (non-hydrogen) atoms. The zero-order valence-electron chi connectivity index (χ0n) is 12.5. The minimum Gasteiger partial charge on any atom is -0.396 e. The summed E-state index contributed by atoms with van der Waals surface area (Å²) < 4.78 is 0. The third-order valence-corrected chi connectivity index (χ3v) is 4.24. The first kappa shape index (κ1) is 15.8. The molecule has 3 nitrogen and oxygen atoms in total. The maximum absolute atomic E-state index is 9.49.